The van der Waals surface area contributed by atoms with Gasteiger partial charge in [0.2, 0.25) is 0 Å². The van der Waals surface area contributed by atoms with Gasteiger partial charge >= 0.3 is 0 Å². The number of nitrogens with one attached hydrogen (secondary N) is 1. The van der Waals surface area contributed by atoms with Crippen molar-refractivity contribution in [2.45, 2.75) is 52.0 Å². The topological polar surface area (TPSA) is 63.6 Å². The quantitative estimate of drug-likeness (QED) is 0.498. The largest absolute Gasteiger partial charge is 0.363 e. The predicted octanol–water partition coefficient (Wildman–Crippen LogP) is 5.08. The standard InChI is InChI=1S/C22H23N5S/c1-2-3-10-17-15-8-6-9-16(15)18-19-20(28-22(18)27-17)21(26-13-25-19)24-12-14-7-4-5-11-23-14/h4-5,7,11,13H,2-3,6,8-10,12H2,1H3,(H,24,25,26). The highest BCUT2D eigenvalue weighted by atomic mass is 32.1. The van der Waals surface area contributed by atoms with Crippen LogP contribution >= 0.6 is 11.3 Å². The zero-order valence-electron chi connectivity index (χ0n) is 16.0. The summed E-state index contributed by atoms with van der Waals surface area (Å²) in [6.07, 6.45) is 10.5. The fourth-order valence-electron chi connectivity index (χ4n) is 4.13. The molecule has 0 bridgehead atoms. The van der Waals surface area contributed by atoms with E-state index in [4.69, 9.17) is 4.98 Å². The highest BCUT2D eigenvalue weighted by Crippen LogP contribution is 2.41. The number of thiophene rings is 1. The van der Waals surface area contributed by atoms with Crippen LogP contribution in [0.2, 0.25) is 0 Å². The maximum Gasteiger partial charge on any atom is 0.147 e. The second-order valence-corrected chi connectivity index (χ2v) is 8.33. The molecule has 0 atom stereocenters. The molecule has 0 fully saturated rings. The zero-order chi connectivity index (χ0) is 18.9. The molecule has 0 spiro atoms. The fraction of sp³-hybridized carbons (Fsp3) is 0.364. The second kappa shape index (κ2) is 7.43. The molecule has 142 valence electrons. The van der Waals surface area contributed by atoms with E-state index in [0.29, 0.717) is 6.54 Å². The number of pyridine rings is 2. The van der Waals surface area contributed by atoms with E-state index in [-0.39, 0.29) is 0 Å². The third-order valence-electron chi connectivity index (χ3n) is 5.49. The summed E-state index contributed by atoms with van der Waals surface area (Å²) in [5.74, 6) is 0.875. The molecule has 5 nitrogen and oxygen atoms in total. The van der Waals surface area contributed by atoms with Gasteiger partial charge in [0.15, 0.2) is 0 Å². The molecule has 0 amide bonds. The number of nitrogens with zero attached hydrogens (tertiary/aromatic N) is 4. The van der Waals surface area contributed by atoms with E-state index in [1.54, 1.807) is 17.7 Å². The van der Waals surface area contributed by atoms with Crippen molar-refractivity contribution >= 4 is 37.6 Å². The molecular weight excluding hydrogens is 366 g/mol. The van der Waals surface area contributed by atoms with Crippen LogP contribution in [0.25, 0.3) is 20.4 Å². The van der Waals surface area contributed by atoms with Crippen LogP contribution in [0.15, 0.2) is 30.7 Å². The van der Waals surface area contributed by atoms with Crippen molar-refractivity contribution in [2.24, 2.45) is 0 Å². The summed E-state index contributed by atoms with van der Waals surface area (Å²) in [4.78, 5) is 19.8. The van der Waals surface area contributed by atoms with Gasteiger partial charge in [0.1, 0.15) is 17.0 Å². The van der Waals surface area contributed by atoms with Crippen LogP contribution in [0, 0.1) is 0 Å². The fourth-order valence-corrected chi connectivity index (χ4v) is 5.27. The molecule has 4 heterocycles. The van der Waals surface area contributed by atoms with Crippen molar-refractivity contribution in [1.82, 2.24) is 19.9 Å². The van der Waals surface area contributed by atoms with Gasteiger partial charge in [-0.3, -0.25) is 4.98 Å². The number of hydrogen-bond donors (Lipinski definition) is 1. The lowest BCUT2D eigenvalue weighted by molar-refractivity contribution is 0.770. The summed E-state index contributed by atoms with van der Waals surface area (Å²) >= 11 is 1.72. The van der Waals surface area contributed by atoms with Gasteiger partial charge in [0.25, 0.3) is 0 Å². The van der Waals surface area contributed by atoms with Gasteiger partial charge in [-0.05, 0) is 55.4 Å². The number of unbranched alkanes of at least 4 members (excludes halogenated alkanes) is 1. The first-order valence-electron chi connectivity index (χ1n) is 10.1. The monoisotopic (exact) mass is 389 g/mol. The van der Waals surface area contributed by atoms with Gasteiger partial charge in [-0.25, -0.2) is 15.0 Å². The number of hydrogen-bond acceptors (Lipinski definition) is 6. The molecule has 4 aromatic rings. The third-order valence-corrected chi connectivity index (χ3v) is 6.57. The summed E-state index contributed by atoms with van der Waals surface area (Å²) in [6, 6.07) is 5.95. The average Bonchev–Trinajstić information content (AvgIpc) is 3.35. The van der Waals surface area contributed by atoms with E-state index in [2.05, 4.69) is 27.2 Å². The lowest BCUT2D eigenvalue weighted by Crippen LogP contribution is -2.03. The Balaban J connectivity index is 1.60. The smallest absolute Gasteiger partial charge is 0.147 e. The molecule has 0 saturated carbocycles. The minimum atomic E-state index is 0.647. The lowest BCUT2D eigenvalue weighted by atomic mass is 10.0. The van der Waals surface area contributed by atoms with Crippen LogP contribution in [-0.4, -0.2) is 19.9 Å². The van der Waals surface area contributed by atoms with Crippen LogP contribution in [0.4, 0.5) is 5.82 Å². The highest BCUT2D eigenvalue weighted by Gasteiger charge is 2.24. The second-order valence-electron chi connectivity index (χ2n) is 7.33. The molecule has 0 aliphatic heterocycles. The molecule has 28 heavy (non-hydrogen) atoms. The Labute approximate surface area is 168 Å². The van der Waals surface area contributed by atoms with E-state index in [1.165, 1.54) is 41.5 Å². The maximum absolute atomic E-state index is 5.09. The number of anilines is 1. The van der Waals surface area contributed by atoms with Crippen molar-refractivity contribution in [3.8, 4) is 0 Å². The highest BCUT2D eigenvalue weighted by molar-refractivity contribution is 7.26. The first-order valence-corrected chi connectivity index (χ1v) is 10.9. The van der Waals surface area contributed by atoms with Crippen molar-refractivity contribution in [1.29, 1.82) is 0 Å². The molecular formula is C22H23N5S. The van der Waals surface area contributed by atoms with Crippen LogP contribution in [-0.2, 0) is 25.8 Å². The maximum atomic E-state index is 5.09. The van der Waals surface area contributed by atoms with Gasteiger partial charge in [0.05, 0.1) is 22.5 Å². The van der Waals surface area contributed by atoms with Gasteiger partial charge in [-0.2, -0.15) is 0 Å². The van der Waals surface area contributed by atoms with E-state index >= 15 is 0 Å². The SMILES string of the molecule is CCCCc1nc2sc3c(NCc4ccccn4)ncnc3c2c2c1CCC2. The van der Waals surface area contributed by atoms with Gasteiger partial charge in [-0.1, -0.05) is 19.4 Å². The van der Waals surface area contributed by atoms with E-state index in [0.717, 1.165) is 45.8 Å². The van der Waals surface area contributed by atoms with Crippen molar-refractivity contribution < 1.29 is 0 Å². The van der Waals surface area contributed by atoms with E-state index in [9.17, 15) is 0 Å². The molecule has 4 aromatic heterocycles. The van der Waals surface area contributed by atoms with Crippen molar-refractivity contribution in [3.63, 3.8) is 0 Å². The summed E-state index contributed by atoms with van der Waals surface area (Å²) in [5, 5.41) is 4.71. The van der Waals surface area contributed by atoms with Crippen LogP contribution in [0.1, 0.15) is 48.7 Å². The van der Waals surface area contributed by atoms with Crippen LogP contribution in [0.3, 0.4) is 0 Å². The van der Waals surface area contributed by atoms with Crippen LogP contribution in [0.5, 0.6) is 0 Å². The number of fused-ring (bicyclic) bond motifs is 5. The molecule has 6 heteroatoms. The van der Waals surface area contributed by atoms with Crippen LogP contribution < -0.4 is 5.32 Å². The summed E-state index contributed by atoms with van der Waals surface area (Å²) in [5.41, 5.74) is 6.32. The first-order chi connectivity index (χ1) is 13.8. The van der Waals surface area contributed by atoms with Crippen molar-refractivity contribution in [3.05, 3.63) is 53.2 Å². The summed E-state index contributed by atoms with van der Waals surface area (Å²) < 4.78 is 1.10. The Hall–Kier alpha value is -2.60. The number of aryl methyl sites for hydroxylation is 2. The Bertz CT molecular complexity index is 1140. The number of rotatable bonds is 6. The minimum Gasteiger partial charge on any atom is -0.363 e. The minimum absolute atomic E-state index is 0.647. The molecule has 1 aliphatic rings. The molecule has 5 rings (SSSR count). The molecule has 1 aliphatic carbocycles. The Morgan fingerprint density at radius 1 is 1.11 bits per heavy atom. The predicted molar refractivity (Wildman–Crippen MR) is 115 cm³/mol. The number of aromatic nitrogens is 4. The molecule has 1 N–H and O–H groups in total. The Kier molecular flexibility index (Phi) is 4.64. The van der Waals surface area contributed by atoms with Gasteiger partial charge in [0, 0.05) is 17.3 Å². The first kappa shape index (κ1) is 17.5. The van der Waals surface area contributed by atoms with Crippen molar-refractivity contribution in [2.75, 3.05) is 5.32 Å². The molecule has 0 saturated heterocycles. The Morgan fingerprint density at radius 3 is 2.89 bits per heavy atom. The zero-order valence-corrected chi connectivity index (χ0v) is 16.9. The summed E-state index contributed by atoms with van der Waals surface area (Å²) in [6.45, 7) is 2.89. The van der Waals surface area contributed by atoms with E-state index in [1.807, 2.05) is 24.4 Å². The average molecular weight is 390 g/mol. The molecule has 0 unspecified atom stereocenters. The molecule has 0 radical (unpaired) electrons. The lowest BCUT2D eigenvalue weighted by Gasteiger charge is -2.08. The van der Waals surface area contributed by atoms with E-state index < -0.39 is 0 Å². The third kappa shape index (κ3) is 3.02. The summed E-state index contributed by atoms with van der Waals surface area (Å²) in [7, 11) is 0. The van der Waals surface area contributed by atoms with Gasteiger partial charge in [-0.15, -0.1) is 11.3 Å². The normalized spacial score (nSPS) is 13.3. The van der Waals surface area contributed by atoms with Gasteiger partial charge < -0.3 is 5.32 Å². The molecule has 0 aromatic carbocycles. The Morgan fingerprint density at radius 2 is 2.04 bits per heavy atom.